The number of hydrogen-bond acceptors (Lipinski definition) is 2. The van der Waals surface area contributed by atoms with Gasteiger partial charge in [0.2, 0.25) is 0 Å². The second-order valence-corrected chi connectivity index (χ2v) is 5.93. The maximum absolute atomic E-state index is 4.80. The van der Waals surface area contributed by atoms with E-state index in [-0.39, 0.29) is 0 Å². The van der Waals surface area contributed by atoms with E-state index in [1.807, 2.05) is 7.05 Å². The Morgan fingerprint density at radius 2 is 1.85 bits per heavy atom. The first-order valence-electron chi connectivity index (χ1n) is 8.30. The SMILES string of the molecule is CCCCC(CC)Cn1nc(C)c(C(CC)NC)c1C. The fourth-order valence-electron chi connectivity index (χ4n) is 3.11. The highest BCUT2D eigenvalue weighted by Gasteiger charge is 2.19. The van der Waals surface area contributed by atoms with Crippen molar-refractivity contribution < 1.29 is 0 Å². The van der Waals surface area contributed by atoms with E-state index in [2.05, 4.69) is 44.6 Å². The van der Waals surface area contributed by atoms with Crippen LogP contribution >= 0.6 is 0 Å². The van der Waals surface area contributed by atoms with Crippen LogP contribution in [0.5, 0.6) is 0 Å². The predicted octanol–water partition coefficient (Wildman–Crippen LogP) is 4.39. The number of nitrogens with zero attached hydrogens (tertiary/aromatic N) is 2. The average Bonchev–Trinajstić information content (AvgIpc) is 2.72. The Morgan fingerprint density at radius 1 is 1.15 bits per heavy atom. The van der Waals surface area contributed by atoms with Crippen molar-refractivity contribution in [1.29, 1.82) is 0 Å². The van der Waals surface area contributed by atoms with Crippen LogP contribution in [0.3, 0.4) is 0 Å². The minimum absolute atomic E-state index is 0.430. The first kappa shape index (κ1) is 17.2. The molecule has 2 atom stereocenters. The maximum atomic E-state index is 4.80. The molecular weight excluding hydrogens is 246 g/mol. The van der Waals surface area contributed by atoms with Crippen LogP contribution in [0.25, 0.3) is 0 Å². The molecule has 0 spiro atoms. The van der Waals surface area contributed by atoms with E-state index in [4.69, 9.17) is 5.10 Å². The summed E-state index contributed by atoms with van der Waals surface area (Å²) in [5.74, 6) is 0.760. The van der Waals surface area contributed by atoms with Crippen molar-refractivity contribution in [3.63, 3.8) is 0 Å². The third kappa shape index (κ3) is 4.08. The molecule has 0 bridgehead atoms. The Hall–Kier alpha value is -0.830. The van der Waals surface area contributed by atoms with Crippen LogP contribution in [-0.2, 0) is 6.54 Å². The molecule has 0 aliphatic carbocycles. The van der Waals surface area contributed by atoms with E-state index in [1.165, 1.54) is 42.6 Å². The molecule has 1 aromatic heterocycles. The lowest BCUT2D eigenvalue weighted by molar-refractivity contribution is 0.367. The van der Waals surface area contributed by atoms with Gasteiger partial charge in [-0.15, -0.1) is 0 Å². The van der Waals surface area contributed by atoms with E-state index < -0.39 is 0 Å². The first-order chi connectivity index (χ1) is 9.58. The topological polar surface area (TPSA) is 29.9 Å². The van der Waals surface area contributed by atoms with Gasteiger partial charge in [0.1, 0.15) is 0 Å². The molecule has 1 rings (SSSR count). The van der Waals surface area contributed by atoms with E-state index in [9.17, 15) is 0 Å². The highest BCUT2D eigenvalue weighted by molar-refractivity contribution is 5.28. The number of aromatic nitrogens is 2. The Bertz CT molecular complexity index is 391. The molecule has 1 N–H and O–H groups in total. The summed E-state index contributed by atoms with van der Waals surface area (Å²) in [5, 5.41) is 8.21. The van der Waals surface area contributed by atoms with Crippen molar-refractivity contribution in [2.75, 3.05) is 7.05 Å². The van der Waals surface area contributed by atoms with Gasteiger partial charge in [0.05, 0.1) is 5.69 Å². The zero-order valence-electron chi connectivity index (χ0n) is 14.3. The standard InChI is InChI=1S/C17H33N3/c1-7-10-11-15(8-2)12-20-14(5)17(13(4)19-20)16(9-3)18-6/h15-16,18H,7-12H2,1-6H3. The molecule has 0 aliphatic heterocycles. The average molecular weight is 279 g/mol. The molecule has 0 saturated heterocycles. The van der Waals surface area contributed by atoms with Gasteiger partial charge < -0.3 is 5.32 Å². The Morgan fingerprint density at radius 3 is 2.35 bits per heavy atom. The fraction of sp³-hybridized carbons (Fsp3) is 0.824. The van der Waals surface area contributed by atoms with Gasteiger partial charge in [-0.2, -0.15) is 5.10 Å². The maximum Gasteiger partial charge on any atom is 0.0644 e. The van der Waals surface area contributed by atoms with Gasteiger partial charge in [-0.25, -0.2) is 0 Å². The third-order valence-corrected chi connectivity index (χ3v) is 4.52. The lowest BCUT2D eigenvalue weighted by Gasteiger charge is -2.17. The van der Waals surface area contributed by atoms with E-state index in [1.54, 1.807) is 0 Å². The zero-order valence-corrected chi connectivity index (χ0v) is 14.3. The van der Waals surface area contributed by atoms with Crippen LogP contribution in [-0.4, -0.2) is 16.8 Å². The minimum Gasteiger partial charge on any atom is -0.313 e. The van der Waals surface area contributed by atoms with Crippen LogP contribution < -0.4 is 5.32 Å². The molecule has 116 valence electrons. The molecule has 0 aliphatic rings. The Kier molecular flexibility index (Phi) is 7.28. The van der Waals surface area contributed by atoms with E-state index >= 15 is 0 Å². The molecule has 20 heavy (non-hydrogen) atoms. The number of aryl methyl sites for hydroxylation is 1. The summed E-state index contributed by atoms with van der Waals surface area (Å²) in [5.41, 5.74) is 3.94. The summed E-state index contributed by atoms with van der Waals surface area (Å²) in [6.45, 7) is 12.2. The first-order valence-corrected chi connectivity index (χ1v) is 8.30. The van der Waals surface area contributed by atoms with E-state index in [0.717, 1.165) is 18.9 Å². The molecular formula is C17H33N3. The molecule has 0 amide bonds. The fourth-order valence-corrected chi connectivity index (χ4v) is 3.11. The van der Waals surface area contributed by atoms with Crippen LogP contribution in [0.15, 0.2) is 0 Å². The zero-order chi connectivity index (χ0) is 15.1. The summed E-state index contributed by atoms with van der Waals surface area (Å²) < 4.78 is 2.24. The number of nitrogens with one attached hydrogen (secondary N) is 1. The summed E-state index contributed by atoms with van der Waals surface area (Å²) in [7, 11) is 2.04. The molecule has 3 heteroatoms. The van der Waals surface area contributed by atoms with Gasteiger partial charge in [0.25, 0.3) is 0 Å². The predicted molar refractivity (Wildman–Crippen MR) is 87.1 cm³/mol. The van der Waals surface area contributed by atoms with Gasteiger partial charge in [0.15, 0.2) is 0 Å². The Labute approximate surface area is 125 Å². The normalized spacial score (nSPS) is 14.5. The van der Waals surface area contributed by atoms with Crippen molar-refractivity contribution in [2.24, 2.45) is 5.92 Å². The molecule has 3 nitrogen and oxygen atoms in total. The van der Waals surface area contributed by atoms with Gasteiger partial charge in [-0.3, -0.25) is 4.68 Å². The van der Waals surface area contributed by atoms with Crippen LogP contribution in [0.2, 0.25) is 0 Å². The number of rotatable bonds is 9. The summed E-state index contributed by atoms with van der Waals surface area (Å²) in [4.78, 5) is 0. The third-order valence-electron chi connectivity index (χ3n) is 4.52. The van der Waals surface area contributed by atoms with E-state index in [0.29, 0.717) is 6.04 Å². The lowest BCUT2D eigenvalue weighted by atomic mass is 9.99. The van der Waals surface area contributed by atoms with Crippen molar-refractivity contribution in [2.45, 2.75) is 79.3 Å². The van der Waals surface area contributed by atoms with Gasteiger partial charge in [-0.05, 0) is 39.7 Å². The summed E-state index contributed by atoms with van der Waals surface area (Å²) in [6, 6.07) is 0.430. The van der Waals surface area contributed by atoms with Gasteiger partial charge in [-0.1, -0.05) is 40.0 Å². The smallest absolute Gasteiger partial charge is 0.0644 e. The van der Waals surface area contributed by atoms with Crippen LogP contribution in [0, 0.1) is 19.8 Å². The van der Waals surface area contributed by atoms with Crippen molar-refractivity contribution in [1.82, 2.24) is 15.1 Å². The largest absolute Gasteiger partial charge is 0.313 e. The summed E-state index contributed by atoms with van der Waals surface area (Å²) >= 11 is 0. The number of unbranched alkanes of at least 4 members (excludes halogenated alkanes) is 1. The highest BCUT2D eigenvalue weighted by atomic mass is 15.3. The molecule has 0 saturated carbocycles. The van der Waals surface area contributed by atoms with Crippen LogP contribution in [0.1, 0.15) is 75.9 Å². The molecule has 2 unspecified atom stereocenters. The number of hydrogen-bond donors (Lipinski definition) is 1. The minimum atomic E-state index is 0.430. The van der Waals surface area contributed by atoms with Gasteiger partial charge >= 0.3 is 0 Å². The molecule has 0 aromatic carbocycles. The molecule has 0 fully saturated rings. The van der Waals surface area contributed by atoms with Gasteiger partial charge in [0, 0.05) is 23.8 Å². The van der Waals surface area contributed by atoms with Crippen molar-refractivity contribution in [3.8, 4) is 0 Å². The monoisotopic (exact) mass is 279 g/mol. The van der Waals surface area contributed by atoms with Crippen molar-refractivity contribution >= 4 is 0 Å². The van der Waals surface area contributed by atoms with Crippen LogP contribution in [0.4, 0.5) is 0 Å². The molecule has 1 aromatic rings. The molecule has 0 radical (unpaired) electrons. The van der Waals surface area contributed by atoms with Crippen molar-refractivity contribution in [3.05, 3.63) is 17.0 Å². The summed E-state index contributed by atoms with van der Waals surface area (Å²) in [6.07, 6.45) is 6.30. The quantitative estimate of drug-likeness (QED) is 0.726. The second kappa shape index (κ2) is 8.46. The highest BCUT2D eigenvalue weighted by Crippen LogP contribution is 2.25. The Balaban J connectivity index is 2.88. The lowest BCUT2D eigenvalue weighted by Crippen LogP contribution is -2.17. The molecule has 1 heterocycles. The second-order valence-electron chi connectivity index (χ2n) is 5.93.